The lowest BCUT2D eigenvalue weighted by atomic mass is 9.99. The van der Waals surface area contributed by atoms with Crippen LogP contribution in [0.5, 0.6) is 17.2 Å². The lowest BCUT2D eigenvalue weighted by Crippen LogP contribution is -2.05. The van der Waals surface area contributed by atoms with Crippen LogP contribution in [0, 0.1) is 5.92 Å². The SMILES string of the molecule is COc1ccc(-c2ccc3c(c2)COC3=O)c(OCCC(C)C)c1OC. The van der Waals surface area contributed by atoms with E-state index in [1.807, 2.05) is 24.3 Å². The predicted molar refractivity (Wildman–Crippen MR) is 99.1 cm³/mol. The number of benzene rings is 2. The van der Waals surface area contributed by atoms with E-state index in [4.69, 9.17) is 18.9 Å². The fraction of sp³-hybridized carbons (Fsp3) is 0.381. The molecule has 0 N–H and O–H groups in total. The van der Waals surface area contributed by atoms with E-state index in [0.29, 0.717) is 41.9 Å². The third-order valence-electron chi connectivity index (χ3n) is 4.44. The van der Waals surface area contributed by atoms with Crippen LogP contribution in [0.3, 0.4) is 0 Å². The van der Waals surface area contributed by atoms with Gasteiger partial charge in [0.25, 0.3) is 0 Å². The van der Waals surface area contributed by atoms with Gasteiger partial charge in [0.2, 0.25) is 5.75 Å². The number of hydrogen-bond donors (Lipinski definition) is 0. The Morgan fingerprint density at radius 3 is 2.50 bits per heavy atom. The average Bonchev–Trinajstić information content (AvgIpc) is 3.01. The van der Waals surface area contributed by atoms with Crippen LogP contribution in [0.4, 0.5) is 0 Å². The number of carbonyl (C=O) groups is 1. The molecule has 0 radical (unpaired) electrons. The molecule has 0 aliphatic carbocycles. The smallest absolute Gasteiger partial charge is 0.338 e. The summed E-state index contributed by atoms with van der Waals surface area (Å²) >= 11 is 0. The number of cyclic esters (lactones) is 1. The summed E-state index contributed by atoms with van der Waals surface area (Å²) in [4.78, 5) is 11.7. The lowest BCUT2D eigenvalue weighted by Gasteiger charge is -2.18. The normalized spacial score (nSPS) is 12.7. The van der Waals surface area contributed by atoms with Gasteiger partial charge in [-0.15, -0.1) is 0 Å². The van der Waals surface area contributed by atoms with Crippen molar-refractivity contribution in [3.05, 3.63) is 41.5 Å². The van der Waals surface area contributed by atoms with E-state index in [9.17, 15) is 4.79 Å². The number of rotatable bonds is 7. The molecule has 1 aliphatic heterocycles. The highest BCUT2D eigenvalue weighted by Gasteiger charge is 2.23. The minimum absolute atomic E-state index is 0.271. The van der Waals surface area contributed by atoms with E-state index in [-0.39, 0.29) is 5.97 Å². The second-order valence-electron chi connectivity index (χ2n) is 6.66. The van der Waals surface area contributed by atoms with Gasteiger partial charge in [-0.3, -0.25) is 0 Å². The number of ether oxygens (including phenoxy) is 4. The molecule has 0 saturated heterocycles. The van der Waals surface area contributed by atoms with Crippen LogP contribution < -0.4 is 14.2 Å². The maximum absolute atomic E-state index is 11.7. The number of methoxy groups -OCH3 is 2. The van der Waals surface area contributed by atoms with Crippen molar-refractivity contribution in [2.45, 2.75) is 26.9 Å². The highest BCUT2D eigenvalue weighted by molar-refractivity contribution is 5.94. The predicted octanol–water partition coefficient (Wildman–Crippen LogP) is 4.47. The van der Waals surface area contributed by atoms with Gasteiger partial charge < -0.3 is 18.9 Å². The van der Waals surface area contributed by atoms with E-state index < -0.39 is 0 Å². The quantitative estimate of drug-likeness (QED) is 0.685. The molecular formula is C21H24O5. The summed E-state index contributed by atoms with van der Waals surface area (Å²) in [5.41, 5.74) is 3.35. The molecule has 5 heteroatoms. The van der Waals surface area contributed by atoms with E-state index in [2.05, 4.69) is 13.8 Å². The molecule has 0 saturated carbocycles. The second-order valence-corrected chi connectivity index (χ2v) is 6.66. The van der Waals surface area contributed by atoms with Crippen molar-refractivity contribution in [1.82, 2.24) is 0 Å². The first-order valence-electron chi connectivity index (χ1n) is 8.73. The fourth-order valence-corrected chi connectivity index (χ4v) is 2.97. The summed E-state index contributed by atoms with van der Waals surface area (Å²) in [7, 11) is 3.21. The largest absolute Gasteiger partial charge is 0.493 e. The molecule has 26 heavy (non-hydrogen) atoms. The summed E-state index contributed by atoms with van der Waals surface area (Å²) < 4.78 is 22.2. The van der Waals surface area contributed by atoms with Crippen molar-refractivity contribution in [1.29, 1.82) is 0 Å². The molecular weight excluding hydrogens is 332 g/mol. The van der Waals surface area contributed by atoms with Crippen LogP contribution >= 0.6 is 0 Å². The molecule has 0 unspecified atom stereocenters. The highest BCUT2D eigenvalue weighted by atomic mass is 16.5. The summed E-state index contributed by atoms with van der Waals surface area (Å²) in [5.74, 6) is 2.11. The van der Waals surface area contributed by atoms with Gasteiger partial charge in [-0.05, 0) is 42.2 Å². The maximum Gasteiger partial charge on any atom is 0.338 e. The molecule has 3 rings (SSSR count). The summed E-state index contributed by atoms with van der Waals surface area (Å²) in [5, 5.41) is 0. The van der Waals surface area contributed by atoms with Gasteiger partial charge in [0.05, 0.1) is 26.4 Å². The van der Waals surface area contributed by atoms with Crippen molar-refractivity contribution >= 4 is 5.97 Å². The molecule has 0 aromatic heterocycles. The Balaban J connectivity index is 2.04. The molecule has 2 aromatic rings. The van der Waals surface area contributed by atoms with Gasteiger partial charge in [-0.25, -0.2) is 4.79 Å². The van der Waals surface area contributed by atoms with Crippen molar-refractivity contribution in [3.63, 3.8) is 0 Å². The fourth-order valence-electron chi connectivity index (χ4n) is 2.97. The van der Waals surface area contributed by atoms with Crippen molar-refractivity contribution in [2.75, 3.05) is 20.8 Å². The van der Waals surface area contributed by atoms with Crippen LogP contribution in [-0.4, -0.2) is 26.8 Å². The summed E-state index contributed by atoms with van der Waals surface area (Å²) in [6, 6.07) is 9.48. The first kappa shape index (κ1) is 18.1. The van der Waals surface area contributed by atoms with Crippen LogP contribution in [0.1, 0.15) is 36.2 Å². The van der Waals surface area contributed by atoms with E-state index in [1.54, 1.807) is 20.3 Å². The Morgan fingerprint density at radius 2 is 1.81 bits per heavy atom. The molecule has 2 aromatic carbocycles. The lowest BCUT2D eigenvalue weighted by molar-refractivity contribution is 0.0535. The van der Waals surface area contributed by atoms with E-state index in [0.717, 1.165) is 23.1 Å². The van der Waals surface area contributed by atoms with E-state index in [1.165, 1.54) is 0 Å². The first-order chi connectivity index (χ1) is 12.5. The Hall–Kier alpha value is -2.69. The molecule has 1 aliphatic rings. The van der Waals surface area contributed by atoms with Gasteiger partial charge in [0.1, 0.15) is 6.61 Å². The van der Waals surface area contributed by atoms with Crippen molar-refractivity contribution < 1.29 is 23.7 Å². The second kappa shape index (κ2) is 7.68. The standard InChI is InChI=1S/C21H24O5/c1-13(2)9-10-25-19-16(7-8-18(23-3)20(19)24-4)14-5-6-17-15(11-14)12-26-21(17)22/h5-8,11,13H,9-10,12H2,1-4H3. The molecule has 0 spiro atoms. The molecule has 1 heterocycles. The molecule has 0 fully saturated rings. The van der Waals surface area contributed by atoms with Gasteiger partial charge in [0, 0.05) is 11.1 Å². The minimum Gasteiger partial charge on any atom is -0.493 e. The Kier molecular flexibility index (Phi) is 5.35. The van der Waals surface area contributed by atoms with Gasteiger partial charge in [-0.1, -0.05) is 19.9 Å². The maximum atomic E-state index is 11.7. The summed E-state index contributed by atoms with van der Waals surface area (Å²) in [6.07, 6.45) is 0.937. The Labute approximate surface area is 153 Å². The number of esters is 1. The third kappa shape index (κ3) is 3.47. The molecule has 0 bridgehead atoms. The Morgan fingerprint density at radius 1 is 1.04 bits per heavy atom. The monoisotopic (exact) mass is 356 g/mol. The van der Waals surface area contributed by atoms with Crippen molar-refractivity contribution in [3.8, 4) is 28.4 Å². The molecule has 0 atom stereocenters. The highest BCUT2D eigenvalue weighted by Crippen LogP contribution is 2.45. The minimum atomic E-state index is -0.271. The van der Waals surface area contributed by atoms with Crippen LogP contribution in [0.2, 0.25) is 0 Å². The first-order valence-corrected chi connectivity index (χ1v) is 8.73. The topological polar surface area (TPSA) is 54.0 Å². The zero-order valence-corrected chi connectivity index (χ0v) is 15.6. The van der Waals surface area contributed by atoms with Crippen LogP contribution in [0.15, 0.2) is 30.3 Å². The van der Waals surface area contributed by atoms with Gasteiger partial charge in [-0.2, -0.15) is 0 Å². The molecule has 5 nitrogen and oxygen atoms in total. The molecule has 138 valence electrons. The average molecular weight is 356 g/mol. The van der Waals surface area contributed by atoms with Crippen LogP contribution in [0.25, 0.3) is 11.1 Å². The number of fused-ring (bicyclic) bond motifs is 1. The molecule has 0 amide bonds. The Bertz CT molecular complexity index is 810. The van der Waals surface area contributed by atoms with Crippen LogP contribution in [-0.2, 0) is 11.3 Å². The van der Waals surface area contributed by atoms with E-state index >= 15 is 0 Å². The summed E-state index contributed by atoms with van der Waals surface area (Å²) in [6.45, 7) is 5.20. The zero-order valence-electron chi connectivity index (χ0n) is 15.6. The zero-order chi connectivity index (χ0) is 18.7. The van der Waals surface area contributed by atoms with Gasteiger partial charge >= 0.3 is 5.97 Å². The van der Waals surface area contributed by atoms with Crippen molar-refractivity contribution in [2.24, 2.45) is 5.92 Å². The number of carbonyl (C=O) groups excluding carboxylic acids is 1. The third-order valence-corrected chi connectivity index (χ3v) is 4.44. The number of hydrogen-bond acceptors (Lipinski definition) is 5. The van der Waals surface area contributed by atoms with Gasteiger partial charge in [0.15, 0.2) is 11.5 Å².